The van der Waals surface area contributed by atoms with Crippen LogP contribution in [0.15, 0.2) is 18.2 Å². The molecule has 8 heteroatoms. The highest BCUT2D eigenvalue weighted by Gasteiger charge is 2.39. The third-order valence-corrected chi connectivity index (χ3v) is 8.16. The Bertz CT molecular complexity index is 935. The fourth-order valence-corrected chi connectivity index (χ4v) is 5.93. The van der Waals surface area contributed by atoms with Crippen molar-refractivity contribution < 1.29 is 19.1 Å². The molecule has 3 amide bonds. The Morgan fingerprint density at radius 1 is 0.857 bits per heavy atom. The third kappa shape index (κ3) is 5.70. The number of amides is 3. The van der Waals surface area contributed by atoms with E-state index in [-0.39, 0.29) is 30.2 Å². The molecule has 8 nitrogen and oxygen atoms in total. The van der Waals surface area contributed by atoms with Crippen LogP contribution in [0.5, 0.6) is 5.75 Å². The number of carbonyl (C=O) groups excluding carboxylic acids is 3. The van der Waals surface area contributed by atoms with Crippen LogP contribution in [0.3, 0.4) is 0 Å². The lowest BCUT2D eigenvalue weighted by Gasteiger charge is -2.37. The van der Waals surface area contributed by atoms with Crippen molar-refractivity contribution >= 4 is 17.7 Å². The van der Waals surface area contributed by atoms with Crippen LogP contribution in [-0.4, -0.2) is 60.9 Å². The number of hydrogen-bond donors (Lipinski definition) is 3. The molecule has 3 saturated heterocycles. The second-order valence-corrected chi connectivity index (χ2v) is 10.6. The molecule has 0 aromatic heterocycles. The maximum absolute atomic E-state index is 12.6. The van der Waals surface area contributed by atoms with Gasteiger partial charge in [0.2, 0.25) is 11.8 Å². The third-order valence-electron chi connectivity index (χ3n) is 8.16. The summed E-state index contributed by atoms with van der Waals surface area (Å²) in [6.07, 6.45) is 9.61. The number of benzene rings is 1. The zero-order chi connectivity index (χ0) is 24.2. The van der Waals surface area contributed by atoms with Gasteiger partial charge in [-0.2, -0.15) is 0 Å². The zero-order valence-corrected chi connectivity index (χ0v) is 20.5. The fourth-order valence-electron chi connectivity index (χ4n) is 5.93. The summed E-state index contributed by atoms with van der Waals surface area (Å²) in [5.74, 6) is 1.98. The van der Waals surface area contributed by atoms with Crippen molar-refractivity contribution in [1.82, 2.24) is 20.9 Å². The minimum absolute atomic E-state index is 0.145. The van der Waals surface area contributed by atoms with Gasteiger partial charge >= 0.3 is 0 Å². The molecule has 35 heavy (non-hydrogen) atoms. The summed E-state index contributed by atoms with van der Waals surface area (Å²) in [5, 5.41) is 9.11. The maximum Gasteiger partial charge on any atom is 0.255 e. The largest absolute Gasteiger partial charge is 0.490 e. The standard InChI is InChI=1S/C19H22N2O4.C8H16N2/c22-17-9-8-16(18(23)20-17)21-11-12-10-14(6-7-15(12)19(21)24)25-13-4-2-1-3-5-13;1-2-7(4-9-3-1)8-5-10-6-8/h6-7,10,13,16H,1-5,8-9,11H2,(H,20,22,23);7-10H,1-6H2. The number of nitrogens with one attached hydrogen (secondary N) is 3. The normalized spacial score (nSPS) is 27.4. The Morgan fingerprint density at radius 2 is 1.66 bits per heavy atom. The molecule has 1 saturated carbocycles. The van der Waals surface area contributed by atoms with Crippen LogP contribution in [0, 0.1) is 11.8 Å². The van der Waals surface area contributed by atoms with Crippen LogP contribution in [0.1, 0.15) is 73.7 Å². The molecule has 1 aliphatic carbocycles. The van der Waals surface area contributed by atoms with Crippen LogP contribution >= 0.6 is 0 Å². The quantitative estimate of drug-likeness (QED) is 0.570. The van der Waals surface area contributed by atoms with Crippen molar-refractivity contribution in [2.24, 2.45) is 11.8 Å². The molecule has 190 valence electrons. The SMILES string of the molecule is C1CNCC(C2CNC2)C1.O=C1CCC(N2Cc3cc(OC4CCCCC4)ccc3C2=O)C(=O)N1. The molecule has 0 radical (unpaired) electrons. The number of imide groups is 1. The number of piperidine rings is 2. The molecule has 4 aliphatic heterocycles. The van der Waals surface area contributed by atoms with E-state index in [4.69, 9.17) is 4.74 Å². The lowest BCUT2D eigenvalue weighted by Crippen LogP contribution is -2.52. The molecule has 1 aromatic rings. The van der Waals surface area contributed by atoms with E-state index in [0.29, 0.717) is 18.5 Å². The smallest absolute Gasteiger partial charge is 0.255 e. The highest BCUT2D eigenvalue weighted by Crippen LogP contribution is 2.31. The van der Waals surface area contributed by atoms with Gasteiger partial charge in [-0.15, -0.1) is 0 Å². The fraction of sp³-hybridized carbons (Fsp3) is 0.667. The second-order valence-electron chi connectivity index (χ2n) is 10.6. The summed E-state index contributed by atoms with van der Waals surface area (Å²) in [7, 11) is 0. The van der Waals surface area contributed by atoms with Crippen LogP contribution < -0.4 is 20.7 Å². The molecular weight excluding hydrogens is 444 g/mol. The Labute approximate surface area is 207 Å². The molecule has 0 bridgehead atoms. The van der Waals surface area contributed by atoms with Crippen molar-refractivity contribution in [1.29, 1.82) is 0 Å². The number of rotatable bonds is 4. The Kier molecular flexibility index (Phi) is 7.68. The lowest BCUT2D eigenvalue weighted by atomic mass is 9.83. The number of nitrogens with zero attached hydrogens (tertiary/aromatic N) is 1. The van der Waals surface area contributed by atoms with Crippen molar-refractivity contribution in [3.63, 3.8) is 0 Å². The minimum Gasteiger partial charge on any atom is -0.490 e. The predicted octanol–water partition coefficient (Wildman–Crippen LogP) is 2.36. The number of hydrogen-bond acceptors (Lipinski definition) is 6. The molecule has 0 spiro atoms. The summed E-state index contributed by atoms with van der Waals surface area (Å²) in [6.45, 7) is 5.45. The number of ether oxygens (including phenoxy) is 1. The predicted molar refractivity (Wildman–Crippen MR) is 132 cm³/mol. The average molecular weight is 483 g/mol. The molecule has 2 atom stereocenters. The maximum atomic E-state index is 12.6. The molecule has 6 rings (SSSR count). The van der Waals surface area contributed by atoms with E-state index in [9.17, 15) is 14.4 Å². The van der Waals surface area contributed by atoms with Gasteiger partial charge in [-0.1, -0.05) is 6.42 Å². The summed E-state index contributed by atoms with van der Waals surface area (Å²) in [4.78, 5) is 37.6. The Morgan fingerprint density at radius 3 is 2.34 bits per heavy atom. The minimum atomic E-state index is -0.569. The molecular formula is C27H38N4O4. The summed E-state index contributed by atoms with van der Waals surface area (Å²) < 4.78 is 6.08. The first-order chi connectivity index (χ1) is 17.1. The van der Waals surface area contributed by atoms with E-state index >= 15 is 0 Å². The van der Waals surface area contributed by atoms with Gasteiger partial charge in [-0.25, -0.2) is 0 Å². The van der Waals surface area contributed by atoms with Gasteiger partial charge in [0.1, 0.15) is 11.8 Å². The van der Waals surface area contributed by atoms with Crippen LogP contribution in [0.4, 0.5) is 0 Å². The first-order valence-electron chi connectivity index (χ1n) is 13.4. The van der Waals surface area contributed by atoms with Crippen molar-refractivity contribution in [2.75, 3.05) is 26.2 Å². The molecule has 3 N–H and O–H groups in total. The zero-order valence-electron chi connectivity index (χ0n) is 20.5. The number of carbonyl (C=O) groups is 3. The first kappa shape index (κ1) is 24.3. The van der Waals surface area contributed by atoms with Crippen LogP contribution in [0.2, 0.25) is 0 Å². The molecule has 4 fully saturated rings. The van der Waals surface area contributed by atoms with E-state index in [2.05, 4.69) is 16.0 Å². The molecule has 2 unspecified atom stereocenters. The van der Waals surface area contributed by atoms with Crippen molar-refractivity contribution in [3.05, 3.63) is 29.3 Å². The summed E-state index contributed by atoms with van der Waals surface area (Å²) >= 11 is 0. The molecule has 1 aromatic carbocycles. The van der Waals surface area contributed by atoms with E-state index in [1.165, 1.54) is 58.3 Å². The van der Waals surface area contributed by atoms with E-state index in [1.807, 2.05) is 12.1 Å². The van der Waals surface area contributed by atoms with Gasteiger partial charge in [0.05, 0.1) is 6.10 Å². The second kappa shape index (κ2) is 11.1. The van der Waals surface area contributed by atoms with Gasteiger partial charge in [0, 0.05) is 18.5 Å². The van der Waals surface area contributed by atoms with Gasteiger partial charge in [0.15, 0.2) is 0 Å². The average Bonchev–Trinajstić information content (AvgIpc) is 3.15. The topological polar surface area (TPSA) is 99.8 Å². The van der Waals surface area contributed by atoms with Gasteiger partial charge in [-0.05, 0) is 107 Å². The van der Waals surface area contributed by atoms with E-state index in [1.54, 1.807) is 11.0 Å². The first-order valence-corrected chi connectivity index (χ1v) is 13.4. The Balaban J connectivity index is 0.000000211. The highest BCUT2D eigenvalue weighted by molar-refractivity contribution is 6.05. The van der Waals surface area contributed by atoms with E-state index in [0.717, 1.165) is 36.0 Å². The highest BCUT2D eigenvalue weighted by atomic mass is 16.5. The summed E-state index contributed by atoms with van der Waals surface area (Å²) in [5.41, 5.74) is 1.52. The molecule has 5 aliphatic rings. The summed E-state index contributed by atoms with van der Waals surface area (Å²) in [6, 6.07) is 5.00. The van der Waals surface area contributed by atoms with Gasteiger partial charge in [-0.3, -0.25) is 19.7 Å². The number of fused-ring (bicyclic) bond motifs is 1. The van der Waals surface area contributed by atoms with Crippen molar-refractivity contribution in [2.45, 2.75) is 76.5 Å². The van der Waals surface area contributed by atoms with Gasteiger partial charge < -0.3 is 20.3 Å². The van der Waals surface area contributed by atoms with E-state index < -0.39 is 6.04 Å². The van der Waals surface area contributed by atoms with Gasteiger partial charge in [0.25, 0.3) is 5.91 Å². The lowest BCUT2D eigenvalue weighted by molar-refractivity contribution is -0.136. The molecule has 4 heterocycles. The van der Waals surface area contributed by atoms with Crippen LogP contribution in [0.25, 0.3) is 0 Å². The monoisotopic (exact) mass is 482 g/mol. The van der Waals surface area contributed by atoms with Crippen molar-refractivity contribution in [3.8, 4) is 5.75 Å². The van der Waals surface area contributed by atoms with Crippen LogP contribution in [-0.2, 0) is 16.1 Å². The Hall–Kier alpha value is -2.45.